The molecule has 146 valence electrons. The monoisotopic (exact) mass is 411 g/mol. The van der Waals surface area contributed by atoms with E-state index in [0.29, 0.717) is 28.3 Å². The highest BCUT2D eigenvalue weighted by molar-refractivity contribution is 6.36. The predicted molar refractivity (Wildman–Crippen MR) is 121 cm³/mol. The highest BCUT2D eigenvalue weighted by Crippen LogP contribution is 2.31. The quantitative estimate of drug-likeness (QED) is 0.331. The zero-order valence-electron chi connectivity index (χ0n) is 16.4. The molecule has 30 heavy (non-hydrogen) atoms. The van der Waals surface area contributed by atoms with Crippen molar-refractivity contribution in [3.8, 4) is 11.8 Å². The van der Waals surface area contributed by atoms with Gasteiger partial charge < -0.3 is 4.90 Å². The van der Waals surface area contributed by atoms with E-state index in [1.54, 1.807) is 49.5 Å². The number of carbonyl (C=O) groups is 2. The van der Waals surface area contributed by atoms with Crippen molar-refractivity contribution in [1.82, 2.24) is 0 Å². The third kappa shape index (κ3) is 4.05. The van der Waals surface area contributed by atoms with E-state index < -0.39 is 0 Å². The normalized spacial score (nSPS) is 14.3. The summed E-state index contributed by atoms with van der Waals surface area (Å²) in [4.78, 5) is 27.4. The maximum atomic E-state index is 13.1. The van der Waals surface area contributed by atoms with Crippen molar-refractivity contribution in [3.05, 3.63) is 106 Å². The zero-order chi connectivity index (χ0) is 21.1. The lowest BCUT2D eigenvalue weighted by atomic mass is 9.92. The number of nitrogens with zero attached hydrogens (tertiary/aromatic N) is 1. The molecule has 0 saturated heterocycles. The second kappa shape index (κ2) is 8.41. The second-order valence-corrected chi connectivity index (χ2v) is 7.44. The third-order valence-electron chi connectivity index (χ3n) is 4.91. The van der Waals surface area contributed by atoms with Gasteiger partial charge in [0.15, 0.2) is 0 Å². The molecule has 4 heteroatoms. The fourth-order valence-corrected chi connectivity index (χ4v) is 3.55. The summed E-state index contributed by atoms with van der Waals surface area (Å²) in [6.07, 6.45) is 2.22. The van der Waals surface area contributed by atoms with Crippen LogP contribution in [-0.2, 0) is 11.2 Å². The first kappa shape index (κ1) is 19.7. The maximum Gasteiger partial charge on any atom is 0.262 e. The molecule has 0 fully saturated rings. The van der Waals surface area contributed by atoms with Gasteiger partial charge >= 0.3 is 0 Å². The van der Waals surface area contributed by atoms with E-state index in [4.69, 9.17) is 11.6 Å². The van der Waals surface area contributed by atoms with Crippen LogP contribution in [0.1, 0.15) is 27.0 Å². The summed E-state index contributed by atoms with van der Waals surface area (Å²) in [5.41, 5.74) is 3.74. The summed E-state index contributed by atoms with van der Waals surface area (Å²) in [6, 6.07) is 22.4. The Kier molecular flexibility index (Phi) is 5.52. The van der Waals surface area contributed by atoms with Crippen molar-refractivity contribution in [3.63, 3.8) is 0 Å². The molecular weight excluding hydrogens is 394 g/mol. The SMILES string of the molecule is CN1C(=O)/C(=C\c2cccc(Cl)c2)C(=O)c2cc(C#CCc3ccccc3)ccc21. The molecule has 0 aromatic heterocycles. The van der Waals surface area contributed by atoms with E-state index >= 15 is 0 Å². The molecule has 3 aromatic rings. The predicted octanol–water partition coefficient (Wildman–Crippen LogP) is 5.18. The minimum absolute atomic E-state index is 0.113. The molecule has 1 aliphatic heterocycles. The van der Waals surface area contributed by atoms with E-state index in [-0.39, 0.29) is 17.3 Å². The third-order valence-corrected chi connectivity index (χ3v) is 5.15. The van der Waals surface area contributed by atoms with Gasteiger partial charge in [0.25, 0.3) is 5.91 Å². The molecule has 0 spiro atoms. The zero-order valence-corrected chi connectivity index (χ0v) is 17.1. The standard InChI is InChI=1S/C26H18ClNO2/c1-28-24-14-13-19(10-5-9-18-7-3-2-4-8-18)16-22(24)25(29)23(26(28)30)17-20-11-6-12-21(27)15-20/h2-4,6-8,11-17H,9H2,1H3/b23-17-. The Hall–Kier alpha value is -3.61. The summed E-state index contributed by atoms with van der Waals surface area (Å²) < 4.78 is 0. The number of fused-ring (bicyclic) bond motifs is 1. The van der Waals surface area contributed by atoms with E-state index in [1.165, 1.54) is 4.90 Å². The topological polar surface area (TPSA) is 37.4 Å². The molecular formula is C26H18ClNO2. The minimum atomic E-state index is -0.338. The van der Waals surface area contributed by atoms with Gasteiger partial charge in [0, 0.05) is 29.6 Å². The van der Waals surface area contributed by atoms with Crippen molar-refractivity contribution in [2.75, 3.05) is 11.9 Å². The summed E-state index contributed by atoms with van der Waals surface area (Å²) in [5.74, 6) is 5.62. The van der Waals surface area contributed by atoms with Gasteiger partial charge in [-0.05, 0) is 47.5 Å². The number of likely N-dealkylation sites (N-methyl/N-ethyl adjacent to an activating group) is 1. The number of hydrogen-bond donors (Lipinski definition) is 0. The molecule has 1 amide bonds. The second-order valence-electron chi connectivity index (χ2n) is 7.00. The average Bonchev–Trinajstić information content (AvgIpc) is 2.76. The number of rotatable bonds is 2. The number of hydrogen-bond acceptors (Lipinski definition) is 2. The van der Waals surface area contributed by atoms with Crippen molar-refractivity contribution in [2.24, 2.45) is 0 Å². The Bertz CT molecular complexity index is 1230. The highest BCUT2D eigenvalue weighted by atomic mass is 35.5. The number of amides is 1. The van der Waals surface area contributed by atoms with E-state index in [9.17, 15) is 9.59 Å². The van der Waals surface area contributed by atoms with Crippen LogP contribution in [0.4, 0.5) is 5.69 Å². The number of anilines is 1. The van der Waals surface area contributed by atoms with Gasteiger partial charge in [0.05, 0.1) is 11.3 Å². The summed E-state index contributed by atoms with van der Waals surface area (Å²) in [6.45, 7) is 0. The van der Waals surface area contributed by atoms with Gasteiger partial charge in [-0.1, -0.05) is 65.9 Å². The average molecular weight is 412 g/mol. The Morgan fingerprint density at radius 1 is 0.967 bits per heavy atom. The van der Waals surface area contributed by atoms with Crippen LogP contribution in [-0.4, -0.2) is 18.7 Å². The van der Waals surface area contributed by atoms with Gasteiger partial charge in [-0.25, -0.2) is 0 Å². The summed E-state index contributed by atoms with van der Waals surface area (Å²) in [7, 11) is 1.67. The number of Topliss-reactive ketones (excluding diaryl/α,β-unsaturated/α-hetero) is 1. The number of ketones is 1. The van der Waals surface area contributed by atoms with Crippen LogP contribution in [0.3, 0.4) is 0 Å². The molecule has 0 N–H and O–H groups in total. The molecule has 0 bridgehead atoms. The Morgan fingerprint density at radius 2 is 1.77 bits per heavy atom. The van der Waals surface area contributed by atoms with Crippen LogP contribution < -0.4 is 4.90 Å². The van der Waals surface area contributed by atoms with Crippen molar-refractivity contribution in [2.45, 2.75) is 6.42 Å². The van der Waals surface area contributed by atoms with E-state index in [0.717, 1.165) is 11.1 Å². The van der Waals surface area contributed by atoms with E-state index in [2.05, 4.69) is 11.8 Å². The van der Waals surface area contributed by atoms with Gasteiger partial charge in [-0.2, -0.15) is 0 Å². The van der Waals surface area contributed by atoms with Gasteiger partial charge in [0.2, 0.25) is 5.78 Å². The van der Waals surface area contributed by atoms with Gasteiger partial charge in [0.1, 0.15) is 0 Å². The lowest BCUT2D eigenvalue weighted by Gasteiger charge is -2.26. The maximum absolute atomic E-state index is 13.1. The van der Waals surface area contributed by atoms with E-state index in [1.807, 2.05) is 36.4 Å². The Balaban J connectivity index is 1.67. The summed E-state index contributed by atoms with van der Waals surface area (Å²) in [5, 5.41) is 0.546. The first-order chi connectivity index (χ1) is 14.5. The first-order valence-electron chi connectivity index (χ1n) is 9.50. The lowest BCUT2D eigenvalue weighted by molar-refractivity contribution is -0.114. The molecule has 0 aliphatic carbocycles. The smallest absolute Gasteiger partial charge is 0.262 e. The van der Waals surface area contributed by atoms with Crippen LogP contribution in [0.5, 0.6) is 0 Å². The molecule has 4 rings (SSSR count). The largest absolute Gasteiger partial charge is 0.311 e. The fraction of sp³-hybridized carbons (Fsp3) is 0.0769. The molecule has 0 atom stereocenters. The molecule has 3 nitrogen and oxygen atoms in total. The molecule has 3 aromatic carbocycles. The highest BCUT2D eigenvalue weighted by Gasteiger charge is 2.32. The van der Waals surface area contributed by atoms with Gasteiger partial charge in [-0.15, -0.1) is 0 Å². The van der Waals surface area contributed by atoms with Crippen LogP contribution >= 0.6 is 11.6 Å². The summed E-state index contributed by atoms with van der Waals surface area (Å²) >= 11 is 6.03. The van der Waals surface area contributed by atoms with Crippen molar-refractivity contribution < 1.29 is 9.59 Å². The molecule has 1 heterocycles. The fourth-order valence-electron chi connectivity index (χ4n) is 3.35. The molecule has 1 aliphatic rings. The first-order valence-corrected chi connectivity index (χ1v) is 9.87. The number of halogens is 1. The minimum Gasteiger partial charge on any atom is -0.311 e. The number of benzene rings is 3. The van der Waals surface area contributed by atoms with Crippen LogP contribution in [0.15, 0.2) is 78.4 Å². The lowest BCUT2D eigenvalue weighted by Crippen LogP contribution is -2.36. The molecule has 0 saturated carbocycles. The Labute approximate surface area is 180 Å². The molecule has 0 unspecified atom stereocenters. The van der Waals surface area contributed by atoms with Crippen LogP contribution in [0.25, 0.3) is 6.08 Å². The molecule has 0 radical (unpaired) electrons. The van der Waals surface area contributed by atoms with Crippen molar-refractivity contribution >= 4 is 35.1 Å². The van der Waals surface area contributed by atoms with Crippen molar-refractivity contribution in [1.29, 1.82) is 0 Å². The number of carbonyl (C=O) groups excluding carboxylic acids is 2. The Morgan fingerprint density at radius 3 is 2.53 bits per heavy atom. The van der Waals surface area contributed by atoms with Gasteiger partial charge in [-0.3, -0.25) is 9.59 Å². The van der Waals surface area contributed by atoms with Crippen LogP contribution in [0.2, 0.25) is 5.02 Å². The van der Waals surface area contributed by atoms with Crippen LogP contribution in [0, 0.1) is 11.8 Å².